The van der Waals surface area contributed by atoms with Crippen molar-refractivity contribution in [1.82, 2.24) is 10.2 Å². The normalized spacial score (nSPS) is 25.4. The van der Waals surface area contributed by atoms with E-state index in [9.17, 15) is 13.2 Å². The molecule has 2 nitrogen and oxygen atoms in total. The molecule has 0 bridgehead atoms. The van der Waals surface area contributed by atoms with Crippen LogP contribution in [0.15, 0.2) is 0 Å². The molecule has 1 heterocycles. The number of halogens is 3. The number of likely N-dealkylation sites (tertiary alicyclic amines) is 1. The van der Waals surface area contributed by atoms with E-state index in [0.29, 0.717) is 0 Å². The van der Waals surface area contributed by atoms with Gasteiger partial charge in [0.1, 0.15) is 0 Å². The van der Waals surface area contributed by atoms with Crippen LogP contribution in [0.2, 0.25) is 0 Å². The van der Waals surface area contributed by atoms with E-state index in [-0.39, 0.29) is 12.6 Å². The number of rotatable bonds is 3. The molecule has 0 aliphatic carbocycles. The standard InChI is InChI=1S/C8H15F3N2/c1-2-13-5-3-4-7(13)6-12-8(9,10)11/h7,12H,2-6H2,1H3/t7-/m1/s1. The van der Waals surface area contributed by atoms with Gasteiger partial charge in [0.05, 0.1) is 0 Å². The smallest absolute Gasteiger partial charge is 0.299 e. The first-order chi connectivity index (χ1) is 6.03. The van der Waals surface area contributed by atoms with Gasteiger partial charge in [-0.1, -0.05) is 6.92 Å². The molecule has 1 fully saturated rings. The van der Waals surface area contributed by atoms with Crippen molar-refractivity contribution in [2.24, 2.45) is 0 Å². The predicted molar refractivity (Wildman–Crippen MR) is 44.3 cm³/mol. The minimum atomic E-state index is -4.23. The van der Waals surface area contributed by atoms with E-state index in [0.717, 1.165) is 25.9 Å². The van der Waals surface area contributed by atoms with Crippen LogP contribution < -0.4 is 5.32 Å². The predicted octanol–water partition coefficient (Wildman–Crippen LogP) is 1.58. The van der Waals surface area contributed by atoms with Crippen molar-refractivity contribution in [3.8, 4) is 0 Å². The molecule has 0 aromatic rings. The first-order valence-electron chi connectivity index (χ1n) is 4.58. The summed E-state index contributed by atoms with van der Waals surface area (Å²) in [5, 5.41) is 1.59. The Morgan fingerprint density at radius 2 is 2.15 bits per heavy atom. The molecule has 1 saturated heterocycles. The number of nitrogens with one attached hydrogen (secondary N) is 1. The van der Waals surface area contributed by atoms with Crippen molar-refractivity contribution in [1.29, 1.82) is 0 Å². The summed E-state index contributed by atoms with van der Waals surface area (Å²) in [6.45, 7) is 3.77. The van der Waals surface area contributed by atoms with Gasteiger partial charge in [-0.25, -0.2) is 5.32 Å². The second-order valence-corrected chi connectivity index (χ2v) is 3.30. The number of likely N-dealkylation sites (N-methyl/N-ethyl adjacent to an activating group) is 1. The van der Waals surface area contributed by atoms with E-state index in [1.807, 2.05) is 6.92 Å². The van der Waals surface area contributed by atoms with Gasteiger partial charge in [-0.3, -0.25) is 4.90 Å². The van der Waals surface area contributed by atoms with Crippen LogP contribution in [0.25, 0.3) is 0 Å². The topological polar surface area (TPSA) is 15.3 Å². The lowest BCUT2D eigenvalue weighted by Gasteiger charge is -2.23. The van der Waals surface area contributed by atoms with E-state index < -0.39 is 6.30 Å². The Labute approximate surface area is 76.1 Å². The second-order valence-electron chi connectivity index (χ2n) is 3.30. The van der Waals surface area contributed by atoms with Crippen LogP contribution in [0.4, 0.5) is 13.2 Å². The van der Waals surface area contributed by atoms with Crippen molar-refractivity contribution in [3.63, 3.8) is 0 Å². The van der Waals surface area contributed by atoms with Gasteiger partial charge in [-0.05, 0) is 25.9 Å². The molecule has 0 saturated carbocycles. The lowest BCUT2D eigenvalue weighted by Crippen LogP contribution is -2.43. The number of hydrogen-bond acceptors (Lipinski definition) is 2. The highest BCUT2D eigenvalue weighted by atomic mass is 19.4. The van der Waals surface area contributed by atoms with Crippen LogP contribution in [-0.2, 0) is 0 Å². The fourth-order valence-electron chi connectivity index (χ4n) is 1.78. The first-order valence-corrected chi connectivity index (χ1v) is 4.58. The highest BCUT2D eigenvalue weighted by Gasteiger charge is 2.30. The van der Waals surface area contributed by atoms with E-state index in [1.165, 1.54) is 0 Å². The van der Waals surface area contributed by atoms with Gasteiger partial charge >= 0.3 is 6.30 Å². The Morgan fingerprint density at radius 3 is 2.69 bits per heavy atom. The Kier molecular flexibility index (Phi) is 3.55. The Bertz CT molecular complexity index is 158. The van der Waals surface area contributed by atoms with Crippen LogP contribution >= 0.6 is 0 Å². The highest BCUT2D eigenvalue weighted by Crippen LogP contribution is 2.17. The Balaban J connectivity index is 2.28. The third kappa shape index (κ3) is 3.52. The zero-order valence-electron chi connectivity index (χ0n) is 7.69. The van der Waals surface area contributed by atoms with E-state index >= 15 is 0 Å². The average molecular weight is 196 g/mol. The van der Waals surface area contributed by atoms with E-state index in [1.54, 1.807) is 5.32 Å². The molecule has 78 valence electrons. The Morgan fingerprint density at radius 1 is 1.46 bits per heavy atom. The summed E-state index contributed by atoms with van der Waals surface area (Å²) in [5.41, 5.74) is 0. The maximum absolute atomic E-state index is 11.8. The molecule has 1 atom stereocenters. The maximum Gasteiger partial charge on any atom is 0.457 e. The Hall–Kier alpha value is -0.290. The summed E-state index contributed by atoms with van der Waals surface area (Å²) in [6, 6.07) is 0.0617. The zero-order chi connectivity index (χ0) is 9.90. The van der Waals surface area contributed by atoms with Gasteiger partial charge < -0.3 is 0 Å². The third-order valence-electron chi connectivity index (χ3n) is 2.44. The summed E-state index contributed by atoms with van der Waals surface area (Å²) in [7, 11) is 0. The van der Waals surface area contributed by atoms with Crippen LogP contribution in [0, 0.1) is 0 Å². The molecule has 1 N–H and O–H groups in total. The van der Waals surface area contributed by atoms with Crippen molar-refractivity contribution in [2.45, 2.75) is 32.1 Å². The van der Waals surface area contributed by atoms with Gasteiger partial charge in [-0.2, -0.15) is 13.2 Å². The summed E-state index contributed by atoms with van der Waals surface area (Å²) in [6.07, 6.45) is -2.35. The molecule has 0 aromatic carbocycles. The first kappa shape index (κ1) is 10.8. The molecule has 0 unspecified atom stereocenters. The monoisotopic (exact) mass is 196 g/mol. The van der Waals surface area contributed by atoms with Crippen molar-refractivity contribution in [2.75, 3.05) is 19.6 Å². The lowest BCUT2D eigenvalue weighted by molar-refractivity contribution is -0.158. The SMILES string of the molecule is CCN1CCC[C@@H]1CNC(F)(F)F. The largest absolute Gasteiger partial charge is 0.457 e. The van der Waals surface area contributed by atoms with Crippen molar-refractivity contribution in [3.05, 3.63) is 0 Å². The van der Waals surface area contributed by atoms with Gasteiger partial charge in [0, 0.05) is 12.6 Å². The van der Waals surface area contributed by atoms with Crippen LogP contribution in [0.1, 0.15) is 19.8 Å². The summed E-state index contributed by atoms with van der Waals surface area (Å²) in [5.74, 6) is 0. The minimum absolute atomic E-state index is 0.0251. The highest BCUT2D eigenvalue weighted by molar-refractivity contribution is 4.80. The molecule has 1 aliphatic rings. The quantitative estimate of drug-likeness (QED) is 0.689. The summed E-state index contributed by atoms with van der Waals surface area (Å²) < 4.78 is 35.4. The molecule has 0 amide bonds. The zero-order valence-corrected chi connectivity index (χ0v) is 7.69. The van der Waals surface area contributed by atoms with Crippen LogP contribution in [0.5, 0.6) is 0 Å². The molecular weight excluding hydrogens is 181 g/mol. The molecule has 0 aromatic heterocycles. The molecule has 1 rings (SSSR count). The average Bonchev–Trinajstić information content (AvgIpc) is 2.46. The molecule has 13 heavy (non-hydrogen) atoms. The van der Waals surface area contributed by atoms with Gasteiger partial charge in [0.2, 0.25) is 0 Å². The van der Waals surface area contributed by atoms with Gasteiger partial charge in [-0.15, -0.1) is 0 Å². The number of nitrogens with zero attached hydrogens (tertiary/aromatic N) is 1. The van der Waals surface area contributed by atoms with Gasteiger partial charge in [0.15, 0.2) is 0 Å². The van der Waals surface area contributed by atoms with E-state index in [4.69, 9.17) is 0 Å². The van der Waals surface area contributed by atoms with E-state index in [2.05, 4.69) is 4.90 Å². The molecule has 1 aliphatic heterocycles. The van der Waals surface area contributed by atoms with Crippen LogP contribution in [-0.4, -0.2) is 36.9 Å². The third-order valence-corrected chi connectivity index (χ3v) is 2.44. The molecule has 5 heteroatoms. The molecular formula is C8H15F3N2. The summed E-state index contributed by atoms with van der Waals surface area (Å²) in [4.78, 5) is 2.08. The van der Waals surface area contributed by atoms with Crippen molar-refractivity contribution >= 4 is 0 Å². The van der Waals surface area contributed by atoms with Crippen molar-refractivity contribution < 1.29 is 13.2 Å². The summed E-state index contributed by atoms with van der Waals surface area (Å²) >= 11 is 0. The fourth-order valence-corrected chi connectivity index (χ4v) is 1.78. The number of hydrogen-bond donors (Lipinski definition) is 1. The van der Waals surface area contributed by atoms with Crippen LogP contribution in [0.3, 0.4) is 0 Å². The minimum Gasteiger partial charge on any atom is -0.299 e. The fraction of sp³-hybridized carbons (Fsp3) is 1.00. The van der Waals surface area contributed by atoms with Gasteiger partial charge in [0.25, 0.3) is 0 Å². The second kappa shape index (κ2) is 4.28. The lowest BCUT2D eigenvalue weighted by atomic mass is 10.2. The molecule has 0 radical (unpaired) electrons. The number of alkyl halides is 3. The maximum atomic E-state index is 11.8. The molecule has 0 spiro atoms.